The van der Waals surface area contributed by atoms with Gasteiger partial charge in [0.15, 0.2) is 5.11 Å². The van der Waals surface area contributed by atoms with E-state index < -0.39 is 10.0 Å². The summed E-state index contributed by atoms with van der Waals surface area (Å²) in [4.78, 5) is 2.31. The standard InChI is InChI=1S/C15H23N3O3S2/c1-3-8-16-15(22)17-9-11-18(12-10-17)23(19,20)14-6-4-13(21-2)5-7-14/h4-7H,3,8-12H2,1-2H3,(H,16,22). The van der Waals surface area contributed by atoms with E-state index >= 15 is 0 Å². The molecule has 1 fully saturated rings. The molecular formula is C15H23N3O3S2. The van der Waals surface area contributed by atoms with Gasteiger partial charge >= 0.3 is 0 Å². The lowest BCUT2D eigenvalue weighted by Gasteiger charge is -2.35. The predicted octanol–water partition coefficient (Wildman–Crippen LogP) is 1.29. The molecule has 0 atom stereocenters. The quantitative estimate of drug-likeness (QED) is 0.801. The minimum Gasteiger partial charge on any atom is -0.497 e. The molecule has 1 aromatic rings. The van der Waals surface area contributed by atoms with Crippen LogP contribution in [-0.2, 0) is 10.0 Å². The summed E-state index contributed by atoms with van der Waals surface area (Å²) in [6.45, 7) is 4.98. The number of nitrogens with zero attached hydrogens (tertiary/aromatic N) is 2. The summed E-state index contributed by atoms with van der Waals surface area (Å²) in [6.07, 6.45) is 1.01. The number of hydrogen-bond donors (Lipinski definition) is 1. The average Bonchev–Trinajstić information content (AvgIpc) is 2.59. The molecule has 0 spiro atoms. The summed E-state index contributed by atoms with van der Waals surface area (Å²) in [5.41, 5.74) is 0. The second-order valence-electron chi connectivity index (χ2n) is 5.30. The van der Waals surface area contributed by atoms with Crippen molar-refractivity contribution in [2.24, 2.45) is 0 Å². The number of piperazine rings is 1. The molecule has 1 heterocycles. The molecule has 1 aliphatic heterocycles. The van der Waals surface area contributed by atoms with Gasteiger partial charge < -0.3 is 15.0 Å². The highest BCUT2D eigenvalue weighted by Crippen LogP contribution is 2.20. The molecule has 0 bridgehead atoms. The van der Waals surface area contributed by atoms with E-state index in [1.54, 1.807) is 31.4 Å². The van der Waals surface area contributed by atoms with Crippen molar-refractivity contribution in [1.29, 1.82) is 0 Å². The second-order valence-corrected chi connectivity index (χ2v) is 7.62. The molecule has 8 heteroatoms. The molecule has 0 saturated carbocycles. The molecular weight excluding hydrogens is 334 g/mol. The maximum absolute atomic E-state index is 12.7. The lowest BCUT2D eigenvalue weighted by Crippen LogP contribution is -2.53. The van der Waals surface area contributed by atoms with Crippen LogP contribution in [0.25, 0.3) is 0 Å². The van der Waals surface area contributed by atoms with Crippen molar-refractivity contribution in [2.45, 2.75) is 18.2 Å². The van der Waals surface area contributed by atoms with Crippen molar-refractivity contribution in [3.05, 3.63) is 24.3 Å². The fourth-order valence-corrected chi connectivity index (χ4v) is 4.08. The van der Waals surface area contributed by atoms with Crippen molar-refractivity contribution in [3.8, 4) is 5.75 Å². The van der Waals surface area contributed by atoms with E-state index in [0.717, 1.165) is 13.0 Å². The zero-order valence-corrected chi connectivity index (χ0v) is 15.1. The van der Waals surface area contributed by atoms with Crippen molar-refractivity contribution >= 4 is 27.4 Å². The molecule has 0 amide bonds. The number of hydrogen-bond acceptors (Lipinski definition) is 4. The van der Waals surface area contributed by atoms with Gasteiger partial charge in [-0.1, -0.05) is 6.92 Å². The van der Waals surface area contributed by atoms with Crippen LogP contribution in [0.15, 0.2) is 29.2 Å². The van der Waals surface area contributed by atoms with E-state index in [2.05, 4.69) is 12.2 Å². The first-order chi connectivity index (χ1) is 11.0. The van der Waals surface area contributed by atoms with Crippen LogP contribution in [-0.4, -0.2) is 62.6 Å². The largest absolute Gasteiger partial charge is 0.497 e. The molecule has 6 nitrogen and oxygen atoms in total. The number of rotatable bonds is 5. The highest BCUT2D eigenvalue weighted by atomic mass is 32.2. The zero-order chi connectivity index (χ0) is 16.9. The lowest BCUT2D eigenvalue weighted by molar-refractivity contribution is 0.264. The van der Waals surface area contributed by atoms with E-state index in [0.29, 0.717) is 41.9 Å². The number of benzene rings is 1. The maximum atomic E-state index is 12.7. The Morgan fingerprint density at radius 2 is 1.83 bits per heavy atom. The van der Waals surface area contributed by atoms with Crippen LogP contribution in [0.5, 0.6) is 5.75 Å². The molecule has 23 heavy (non-hydrogen) atoms. The molecule has 0 aliphatic carbocycles. The van der Waals surface area contributed by atoms with Gasteiger partial charge in [0.25, 0.3) is 0 Å². The smallest absolute Gasteiger partial charge is 0.243 e. The monoisotopic (exact) mass is 357 g/mol. The number of ether oxygens (including phenoxy) is 1. The van der Waals surface area contributed by atoms with E-state index in [1.165, 1.54) is 4.31 Å². The summed E-state index contributed by atoms with van der Waals surface area (Å²) in [7, 11) is -1.91. The topological polar surface area (TPSA) is 61.9 Å². The first-order valence-electron chi connectivity index (χ1n) is 7.66. The molecule has 2 rings (SSSR count). The van der Waals surface area contributed by atoms with Crippen molar-refractivity contribution in [3.63, 3.8) is 0 Å². The highest BCUT2D eigenvalue weighted by Gasteiger charge is 2.29. The average molecular weight is 358 g/mol. The minimum atomic E-state index is -3.47. The maximum Gasteiger partial charge on any atom is 0.243 e. The van der Waals surface area contributed by atoms with Gasteiger partial charge in [-0.2, -0.15) is 4.31 Å². The number of methoxy groups -OCH3 is 1. The third kappa shape index (κ3) is 4.33. The fraction of sp³-hybridized carbons (Fsp3) is 0.533. The van der Waals surface area contributed by atoms with Crippen LogP contribution in [0.2, 0.25) is 0 Å². The van der Waals surface area contributed by atoms with E-state index in [-0.39, 0.29) is 0 Å². The normalized spacial score (nSPS) is 16.2. The van der Waals surface area contributed by atoms with E-state index in [9.17, 15) is 8.42 Å². The Morgan fingerprint density at radius 3 is 2.35 bits per heavy atom. The van der Waals surface area contributed by atoms with Crippen LogP contribution in [0.4, 0.5) is 0 Å². The molecule has 0 unspecified atom stereocenters. The third-order valence-corrected chi connectivity index (χ3v) is 6.06. The molecule has 1 aliphatic rings. The Hall–Kier alpha value is -1.38. The first kappa shape index (κ1) is 18.0. The number of nitrogens with one attached hydrogen (secondary N) is 1. The first-order valence-corrected chi connectivity index (χ1v) is 9.51. The fourth-order valence-electron chi connectivity index (χ4n) is 2.37. The predicted molar refractivity (Wildman–Crippen MR) is 94.2 cm³/mol. The summed E-state index contributed by atoms with van der Waals surface area (Å²) in [5, 5.41) is 3.88. The molecule has 128 valence electrons. The SMILES string of the molecule is CCCNC(=S)N1CCN(S(=O)(=O)c2ccc(OC)cc2)CC1. The molecule has 1 N–H and O–H groups in total. The van der Waals surface area contributed by atoms with Crippen LogP contribution in [0.1, 0.15) is 13.3 Å². The third-order valence-electron chi connectivity index (χ3n) is 3.75. The molecule has 1 aromatic carbocycles. The Bertz CT molecular complexity index is 624. The van der Waals surface area contributed by atoms with Crippen LogP contribution >= 0.6 is 12.2 Å². The second kappa shape index (κ2) is 7.94. The van der Waals surface area contributed by atoms with Crippen molar-refractivity contribution in [2.75, 3.05) is 39.8 Å². The Morgan fingerprint density at radius 1 is 1.22 bits per heavy atom. The highest BCUT2D eigenvalue weighted by molar-refractivity contribution is 7.89. The van der Waals surface area contributed by atoms with Gasteiger partial charge in [0, 0.05) is 32.7 Å². The van der Waals surface area contributed by atoms with Gasteiger partial charge in [0.2, 0.25) is 10.0 Å². The van der Waals surface area contributed by atoms with Gasteiger partial charge in [-0.3, -0.25) is 0 Å². The van der Waals surface area contributed by atoms with Crippen molar-refractivity contribution < 1.29 is 13.2 Å². The van der Waals surface area contributed by atoms with Gasteiger partial charge in [-0.05, 0) is 42.9 Å². The Kier molecular flexibility index (Phi) is 6.20. The summed E-state index contributed by atoms with van der Waals surface area (Å²) in [6, 6.07) is 6.47. The van der Waals surface area contributed by atoms with E-state index in [1.807, 2.05) is 4.90 Å². The number of sulfonamides is 1. The van der Waals surface area contributed by atoms with Crippen LogP contribution in [0, 0.1) is 0 Å². The molecule has 1 saturated heterocycles. The summed E-state index contributed by atoms with van der Waals surface area (Å²) >= 11 is 5.33. The van der Waals surface area contributed by atoms with E-state index in [4.69, 9.17) is 17.0 Å². The van der Waals surface area contributed by atoms with Crippen LogP contribution < -0.4 is 10.1 Å². The molecule has 0 aromatic heterocycles. The summed E-state index contributed by atoms with van der Waals surface area (Å²) in [5.74, 6) is 0.640. The lowest BCUT2D eigenvalue weighted by atomic mass is 10.3. The van der Waals surface area contributed by atoms with Gasteiger partial charge in [-0.15, -0.1) is 0 Å². The molecule has 0 radical (unpaired) electrons. The minimum absolute atomic E-state index is 0.290. The van der Waals surface area contributed by atoms with Crippen LogP contribution in [0.3, 0.4) is 0 Å². The Balaban J connectivity index is 1.99. The zero-order valence-electron chi connectivity index (χ0n) is 13.5. The number of thiocarbonyl (C=S) groups is 1. The summed E-state index contributed by atoms with van der Waals surface area (Å²) < 4.78 is 31.9. The van der Waals surface area contributed by atoms with Gasteiger partial charge in [-0.25, -0.2) is 8.42 Å². The van der Waals surface area contributed by atoms with Gasteiger partial charge in [0.1, 0.15) is 5.75 Å². The van der Waals surface area contributed by atoms with Crippen molar-refractivity contribution in [1.82, 2.24) is 14.5 Å². The van der Waals surface area contributed by atoms with Gasteiger partial charge in [0.05, 0.1) is 12.0 Å². The Labute approximate surface area is 143 Å².